The van der Waals surface area contributed by atoms with Gasteiger partial charge in [0.25, 0.3) is 0 Å². The van der Waals surface area contributed by atoms with Crippen LogP contribution in [-0.2, 0) is 4.79 Å². The van der Waals surface area contributed by atoms with Crippen molar-refractivity contribution < 1.29 is 9.90 Å². The molecule has 3 saturated carbocycles. The van der Waals surface area contributed by atoms with Crippen molar-refractivity contribution in [2.45, 2.75) is 70.9 Å². The summed E-state index contributed by atoms with van der Waals surface area (Å²) >= 11 is 0. The molecular weight excluding hydrogens is 298 g/mol. The van der Waals surface area contributed by atoms with Gasteiger partial charge in [0.2, 0.25) is 0 Å². The summed E-state index contributed by atoms with van der Waals surface area (Å²) in [6.45, 7) is 7.29. The average Bonchev–Trinajstić information content (AvgIpc) is 3.34. The molecule has 0 radical (unpaired) electrons. The Morgan fingerprint density at radius 1 is 1.12 bits per heavy atom. The number of hydrogen-bond acceptors (Lipinski definition) is 3. The molecule has 132 valence electrons. The van der Waals surface area contributed by atoms with Crippen LogP contribution in [0.15, 0.2) is 11.6 Å². The monoisotopic (exact) mass is 329 g/mol. The molecule has 3 nitrogen and oxygen atoms in total. The van der Waals surface area contributed by atoms with E-state index in [1.165, 1.54) is 37.9 Å². The van der Waals surface area contributed by atoms with Gasteiger partial charge >= 0.3 is 0 Å². The second-order valence-electron chi connectivity index (χ2n) is 9.79. The van der Waals surface area contributed by atoms with E-state index in [0.717, 1.165) is 31.6 Å². The fraction of sp³-hybridized carbons (Fsp3) is 0.857. The van der Waals surface area contributed by atoms with Crippen molar-refractivity contribution in [3.63, 3.8) is 0 Å². The van der Waals surface area contributed by atoms with Crippen LogP contribution in [0.1, 0.15) is 58.8 Å². The van der Waals surface area contributed by atoms with Crippen LogP contribution in [0, 0.1) is 28.6 Å². The Morgan fingerprint density at radius 3 is 2.67 bits per heavy atom. The van der Waals surface area contributed by atoms with Gasteiger partial charge in [-0.2, -0.15) is 0 Å². The maximum atomic E-state index is 12.1. The molecule has 1 saturated heterocycles. The Balaban J connectivity index is 1.58. The highest BCUT2D eigenvalue weighted by Gasteiger charge is 2.62. The van der Waals surface area contributed by atoms with Gasteiger partial charge in [-0.15, -0.1) is 0 Å². The Kier molecular flexibility index (Phi) is 3.21. The summed E-state index contributed by atoms with van der Waals surface area (Å²) in [6.07, 6.45) is 9.42. The number of aliphatic hydroxyl groups excluding tert-OH is 1. The van der Waals surface area contributed by atoms with Crippen molar-refractivity contribution in [1.82, 2.24) is 4.90 Å². The molecule has 4 aliphatic carbocycles. The predicted octanol–water partition coefficient (Wildman–Crippen LogP) is 3.17. The van der Waals surface area contributed by atoms with Crippen molar-refractivity contribution in [2.75, 3.05) is 13.1 Å². The Bertz CT molecular complexity index is 609. The largest absolute Gasteiger partial charge is 0.393 e. The van der Waals surface area contributed by atoms with Crippen LogP contribution >= 0.6 is 0 Å². The third kappa shape index (κ3) is 1.94. The Labute approximate surface area is 145 Å². The molecular formula is C21H31NO2. The first-order valence-electron chi connectivity index (χ1n) is 10.1. The van der Waals surface area contributed by atoms with Crippen LogP contribution in [0.25, 0.3) is 0 Å². The molecule has 0 aromatic carbocycles. The maximum Gasteiger partial charge on any atom is 0.155 e. The van der Waals surface area contributed by atoms with E-state index in [9.17, 15) is 9.90 Å². The lowest BCUT2D eigenvalue weighted by atomic mass is 9.46. The van der Waals surface area contributed by atoms with Crippen LogP contribution < -0.4 is 0 Å². The molecule has 1 N–H and O–H groups in total. The van der Waals surface area contributed by atoms with Gasteiger partial charge < -0.3 is 5.11 Å². The van der Waals surface area contributed by atoms with Gasteiger partial charge in [-0.05, 0) is 73.2 Å². The number of carbonyl (C=O) groups is 1. The van der Waals surface area contributed by atoms with E-state index < -0.39 is 0 Å². The standard InChI is InChI=1S/C21H31NO2/c1-20-7-5-14(23)11-13(20)12-17(22-9-10-22)19-15-3-4-18(24)21(15,2)8-6-16(19)20/h11,15-19,24H,3-10,12H2,1-2H3/t15-,16-,17-,18+,19-,20-,21-/m0/s1. The summed E-state index contributed by atoms with van der Waals surface area (Å²) in [5, 5.41) is 10.7. The van der Waals surface area contributed by atoms with E-state index in [2.05, 4.69) is 18.7 Å². The molecule has 1 aliphatic heterocycles. The molecule has 0 aromatic rings. The zero-order valence-electron chi connectivity index (χ0n) is 15.1. The molecule has 0 spiro atoms. The number of rotatable bonds is 1. The number of fused-ring (bicyclic) bond motifs is 5. The molecule has 4 fully saturated rings. The summed E-state index contributed by atoms with van der Waals surface area (Å²) in [5.74, 6) is 2.45. The van der Waals surface area contributed by atoms with Crippen LogP contribution in [0.2, 0.25) is 0 Å². The zero-order chi connectivity index (χ0) is 16.7. The quantitative estimate of drug-likeness (QED) is 0.751. The van der Waals surface area contributed by atoms with Gasteiger partial charge in [-0.25, -0.2) is 0 Å². The number of aliphatic hydroxyl groups is 1. The first-order chi connectivity index (χ1) is 11.4. The van der Waals surface area contributed by atoms with Crippen molar-refractivity contribution in [3.05, 3.63) is 11.6 Å². The average molecular weight is 329 g/mol. The molecule has 1 heterocycles. The van der Waals surface area contributed by atoms with E-state index >= 15 is 0 Å². The number of nitrogens with zero attached hydrogens (tertiary/aromatic N) is 1. The molecule has 0 bridgehead atoms. The van der Waals surface area contributed by atoms with E-state index in [1.54, 1.807) is 0 Å². The Morgan fingerprint density at radius 2 is 1.92 bits per heavy atom. The van der Waals surface area contributed by atoms with Gasteiger partial charge in [0.1, 0.15) is 0 Å². The lowest BCUT2D eigenvalue weighted by Gasteiger charge is -2.60. The first kappa shape index (κ1) is 15.6. The summed E-state index contributed by atoms with van der Waals surface area (Å²) in [5.41, 5.74) is 1.83. The highest BCUT2D eigenvalue weighted by molar-refractivity contribution is 5.91. The Hall–Kier alpha value is -0.670. The van der Waals surface area contributed by atoms with Crippen LogP contribution in [0.5, 0.6) is 0 Å². The minimum absolute atomic E-state index is 0.101. The van der Waals surface area contributed by atoms with Crippen molar-refractivity contribution in [3.8, 4) is 0 Å². The number of carbonyl (C=O) groups excluding carboxylic acids is 1. The third-order valence-electron chi connectivity index (χ3n) is 8.88. The molecule has 5 rings (SSSR count). The van der Waals surface area contributed by atoms with Gasteiger partial charge in [0.05, 0.1) is 6.10 Å². The summed E-state index contributed by atoms with van der Waals surface area (Å²) < 4.78 is 0. The molecule has 3 heteroatoms. The zero-order valence-corrected chi connectivity index (χ0v) is 15.1. The topological polar surface area (TPSA) is 40.3 Å². The number of ketones is 1. The minimum Gasteiger partial charge on any atom is -0.393 e. The van der Waals surface area contributed by atoms with Gasteiger partial charge in [0, 0.05) is 25.6 Å². The second-order valence-corrected chi connectivity index (χ2v) is 9.79. The van der Waals surface area contributed by atoms with Crippen molar-refractivity contribution in [1.29, 1.82) is 0 Å². The first-order valence-corrected chi connectivity index (χ1v) is 10.1. The van der Waals surface area contributed by atoms with Crippen LogP contribution in [-0.4, -0.2) is 41.0 Å². The van der Waals surface area contributed by atoms with E-state index in [1.807, 2.05) is 6.08 Å². The SMILES string of the molecule is C[C@]12CC[C@H]3[C@@H]([C@@H](N4CC4)CC4=CC(=O)CC[C@@]43C)[C@@H]1CC[C@H]2O. The summed E-state index contributed by atoms with van der Waals surface area (Å²) in [4.78, 5) is 14.7. The van der Waals surface area contributed by atoms with Gasteiger partial charge in [-0.3, -0.25) is 9.69 Å². The highest BCUT2D eigenvalue weighted by atomic mass is 16.3. The summed E-state index contributed by atoms with van der Waals surface area (Å²) in [6, 6.07) is 0.621. The van der Waals surface area contributed by atoms with Gasteiger partial charge in [0.15, 0.2) is 5.78 Å². The van der Waals surface area contributed by atoms with Crippen LogP contribution in [0.4, 0.5) is 0 Å². The fourth-order valence-electron chi connectivity index (χ4n) is 7.26. The molecule has 7 atom stereocenters. The minimum atomic E-state index is -0.101. The lowest BCUT2D eigenvalue weighted by Crippen LogP contribution is -2.57. The van der Waals surface area contributed by atoms with E-state index in [-0.39, 0.29) is 16.9 Å². The van der Waals surface area contributed by atoms with Crippen molar-refractivity contribution >= 4 is 5.78 Å². The van der Waals surface area contributed by atoms with E-state index in [0.29, 0.717) is 23.7 Å². The molecule has 0 unspecified atom stereocenters. The van der Waals surface area contributed by atoms with E-state index in [4.69, 9.17) is 0 Å². The predicted molar refractivity (Wildman–Crippen MR) is 93.5 cm³/mol. The fourth-order valence-corrected chi connectivity index (χ4v) is 7.26. The third-order valence-corrected chi connectivity index (χ3v) is 8.88. The van der Waals surface area contributed by atoms with Gasteiger partial charge in [-0.1, -0.05) is 19.4 Å². The summed E-state index contributed by atoms with van der Waals surface area (Å²) in [7, 11) is 0. The molecule has 0 amide bonds. The molecule has 0 aromatic heterocycles. The lowest BCUT2D eigenvalue weighted by molar-refractivity contribution is -0.119. The smallest absolute Gasteiger partial charge is 0.155 e. The molecule has 5 aliphatic rings. The second kappa shape index (κ2) is 4.94. The van der Waals surface area contributed by atoms with Crippen molar-refractivity contribution in [2.24, 2.45) is 28.6 Å². The number of hydrogen-bond donors (Lipinski definition) is 1. The molecule has 24 heavy (non-hydrogen) atoms. The maximum absolute atomic E-state index is 12.1. The normalized spacial score (nSPS) is 53.9. The van der Waals surface area contributed by atoms with Crippen LogP contribution in [0.3, 0.4) is 0 Å². The highest BCUT2D eigenvalue weighted by Crippen LogP contribution is 2.66.